The van der Waals surface area contributed by atoms with Gasteiger partial charge in [-0.1, -0.05) is 24.6 Å². The van der Waals surface area contributed by atoms with E-state index in [1.54, 1.807) is 6.07 Å². The molecule has 0 heterocycles. The topological polar surface area (TPSA) is 52.5 Å². The van der Waals surface area contributed by atoms with Crippen LogP contribution in [-0.2, 0) is 6.54 Å². The quantitative estimate of drug-likeness (QED) is 0.637. The number of phenols is 1. The third kappa shape index (κ3) is 5.20. The molecular formula is C14H23NO2. The van der Waals surface area contributed by atoms with E-state index in [9.17, 15) is 5.11 Å². The van der Waals surface area contributed by atoms with Gasteiger partial charge in [0.1, 0.15) is 5.75 Å². The number of phenolic OH excluding ortho intramolecular Hbond substituents is 1. The maximum absolute atomic E-state index is 9.64. The van der Waals surface area contributed by atoms with Crippen LogP contribution in [0.1, 0.15) is 30.9 Å². The number of hydrogen-bond acceptors (Lipinski definition) is 3. The molecule has 0 saturated carbocycles. The molecule has 0 aromatic heterocycles. The van der Waals surface area contributed by atoms with Crippen molar-refractivity contribution in [2.75, 3.05) is 13.2 Å². The predicted molar refractivity (Wildman–Crippen MR) is 70.0 cm³/mol. The molecule has 3 N–H and O–H groups in total. The van der Waals surface area contributed by atoms with Crippen LogP contribution in [0.2, 0.25) is 0 Å². The zero-order valence-corrected chi connectivity index (χ0v) is 10.7. The molecule has 96 valence electrons. The van der Waals surface area contributed by atoms with E-state index in [1.165, 1.54) is 0 Å². The molecule has 1 unspecified atom stereocenters. The number of benzene rings is 1. The van der Waals surface area contributed by atoms with Crippen LogP contribution in [0.25, 0.3) is 0 Å². The van der Waals surface area contributed by atoms with E-state index >= 15 is 0 Å². The van der Waals surface area contributed by atoms with Gasteiger partial charge in [0.25, 0.3) is 0 Å². The summed E-state index contributed by atoms with van der Waals surface area (Å²) in [5.74, 6) is 0.732. The van der Waals surface area contributed by atoms with E-state index in [2.05, 4.69) is 5.32 Å². The van der Waals surface area contributed by atoms with E-state index < -0.39 is 0 Å². The number of aliphatic hydroxyl groups excluding tert-OH is 1. The second kappa shape index (κ2) is 7.30. The fraction of sp³-hybridized carbons (Fsp3) is 0.571. The zero-order valence-electron chi connectivity index (χ0n) is 10.7. The fourth-order valence-corrected chi connectivity index (χ4v) is 1.75. The highest BCUT2D eigenvalue weighted by atomic mass is 16.3. The molecule has 17 heavy (non-hydrogen) atoms. The van der Waals surface area contributed by atoms with Gasteiger partial charge in [-0.15, -0.1) is 0 Å². The normalized spacial score (nSPS) is 12.6. The Morgan fingerprint density at radius 3 is 2.82 bits per heavy atom. The smallest absolute Gasteiger partial charge is 0.120 e. The maximum atomic E-state index is 9.64. The first-order chi connectivity index (χ1) is 8.13. The summed E-state index contributed by atoms with van der Waals surface area (Å²) < 4.78 is 0. The fourth-order valence-electron chi connectivity index (χ4n) is 1.75. The first-order valence-electron chi connectivity index (χ1n) is 6.23. The molecule has 0 saturated heterocycles. The lowest BCUT2D eigenvalue weighted by Gasteiger charge is -2.09. The number of nitrogens with one attached hydrogen (secondary N) is 1. The van der Waals surface area contributed by atoms with Gasteiger partial charge in [0.05, 0.1) is 0 Å². The van der Waals surface area contributed by atoms with Crippen LogP contribution in [0, 0.1) is 12.8 Å². The summed E-state index contributed by atoms with van der Waals surface area (Å²) in [5, 5.41) is 21.8. The summed E-state index contributed by atoms with van der Waals surface area (Å²) in [6.07, 6.45) is 2.08. The van der Waals surface area contributed by atoms with Crippen molar-refractivity contribution in [1.29, 1.82) is 0 Å². The molecule has 0 aliphatic carbocycles. The van der Waals surface area contributed by atoms with E-state index in [0.29, 0.717) is 18.2 Å². The molecule has 0 bridgehead atoms. The van der Waals surface area contributed by atoms with Gasteiger partial charge in [0.2, 0.25) is 0 Å². The van der Waals surface area contributed by atoms with Crippen molar-refractivity contribution in [2.45, 2.75) is 33.2 Å². The predicted octanol–water partition coefficient (Wildman–Crippen LogP) is 2.20. The molecule has 1 rings (SSSR count). The van der Waals surface area contributed by atoms with Crippen LogP contribution in [0.4, 0.5) is 0 Å². The number of rotatable bonds is 7. The van der Waals surface area contributed by atoms with Crippen molar-refractivity contribution >= 4 is 0 Å². The molecule has 0 aliphatic heterocycles. The maximum Gasteiger partial charge on any atom is 0.120 e. The van der Waals surface area contributed by atoms with E-state index in [4.69, 9.17) is 5.11 Å². The number of aromatic hydroxyl groups is 1. The Hall–Kier alpha value is -1.06. The standard InChI is InChI=1S/C14H23NO2/c1-11-5-6-14(17)13(8-11)9-15-7-3-4-12(2)10-16/h5-6,8,12,15-17H,3-4,7,9-10H2,1-2H3. The van der Waals surface area contributed by atoms with Gasteiger partial charge >= 0.3 is 0 Å². The highest BCUT2D eigenvalue weighted by molar-refractivity contribution is 5.35. The van der Waals surface area contributed by atoms with Gasteiger partial charge < -0.3 is 15.5 Å². The van der Waals surface area contributed by atoms with Gasteiger partial charge in [-0.25, -0.2) is 0 Å². The summed E-state index contributed by atoms with van der Waals surface area (Å²) in [7, 11) is 0. The van der Waals surface area contributed by atoms with E-state index in [0.717, 1.165) is 30.5 Å². The first kappa shape index (κ1) is 14.0. The van der Waals surface area contributed by atoms with Crippen molar-refractivity contribution in [3.63, 3.8) is 0 Å². The van der Waals surface area contributed by atoms with Gasteiger partial charge in [-0.2, -0.15) is 0 Å². The SMILES string of the molecule is Cc1ccc(O)c(CNCCCC(C)CO)c1. The van der Waals surface area contributed by atoms with Gasteiger partial charge in [0.15, 0.2) is 0 Å². The Balaban J connectivity index is 2.24. The summed E-state index contributed by atoms with van der Waals surface area (Å²) in [4.78, 5) is 0. The minimum absolute atomic E-state index is 0.263. The number of aryl methyl sites for hydroxylation is 1. The minimum Gasteiger partial charge on any atom is -0.508 e. The third-order valence-corrected chi connectivity index (χ3v) is 2.91. The Kier molecular flexibility index (Phi) is 6.01. The molecule has 1 aromatic rings. The second-order valence-corrected chi connectivity index (χ2v) is 4.74. The summed E-state index contributed by atoms with van der Waals surface area (Å²) in [6, 6.07) is 5.64. The average molecular weight is 237 g/mol. The van der Waals surface area contributed by atoms with Crippen LogP contribution in [0.5, 0.6) is 5.75 Å². The van der Waals surface area contributed by atoms with Crippen molar-refractivity contribution in [3.8, 4) is 5.75 Å². The van der Waals surface area contributed by atoms with Crippen LogP contribution in [0.3, 0.4) is 0 Å². The highest BCUT2D eigenvalue weighted by Crippen LogP contribution is 2.17. The molecule has 1 atom stereocenters. The largest absolute Gasteiger partial charge is 0.508 e. The molecule has 3 nitrogen and oxygen atoms in total. The van der Waals surface area contributed by atoms with Crippen LogP contribution < -0.4 is 5.32 Å². The Bertz CT molecular complexity index is 339. The third-order valence-electron chi connectivity index (χ3n) is 2.91. The first-order valence-corrected chi connectivity index (χ1v) is 6.23. The van der Waals surface area contributed by atoms with Gasteiger partial charge in [-0.3, -0.25) is 0 Å². The molecular weight excluding hydrogens is 214 g/mol. The Morgan fingerprint density at radius 1 is 1.35 bits per heavy atom. The highest BCUT2D eigenvalue weighted by Gasteiger charge is 2.02. The van der Waals surface area contributed by atoms with Gasteiger partial charge in [-0.05, 0) is 38.3 Å². The lowest BCUT2D eigenvalue weighted by molar-refractivity contribution is 0.228. The zero-order chi connectivity index (χ0) is 12.7. The Labute approximate surface area is 103 Å². The molecule has 0 aliphatic rings. The summed E-state index contributed by atoms with van der Waals surface area (Å²) in [6.45, 7) is 5.94. The number of hydrogen-bond donors (Lipinski definition) is 3. The van der Waals surface area contributed by atoms with E-state index in [-0.39, 0.29) is 6.61 Å². The van der Waals surface area contributed by atoms with Gasteiger partial charge in [0, 0.05) is 18.7 Å². The molecule has 0 radical (unpaired) electrons. The molecule has 0 amide bonds. The average Bonchev–Trinajstić information content (AvgIpc) is 2.32. The number of aliphatic hydroxyl groups is 1. The molecule has 3 heteroatoms. The lowest BCUT2D eigenvalue weighted by Crippen LogP contribution is -2.16. The van der Waals surface area contributed by atoms with Crippen molar-refractivity contribution in [2.24, 2.45) is 5.92 Å². The van der Waals surface area contributed by atoms with Crippen LogP contribution >= 0.6 is 0 Å². The van der Waals surface area contributed by atoms with Crippen molar-refractivity contribution in [1.82, 2.24) is 5.32 Å². The van der Waals surface area contributed by atoms with E-state index in [1.807, 2.05) is 26.0 Å². The molecule has 1 aromatic carbocycles. The van der Waals surface area contributed by atoms with Crippen LogP contribution in [0.15, 0.2) is 18.2 Å². The Morgan fingerprint density at radius 2 is 2.12 bits per heavy atom. The monoisotopic (exact) mass is 237 g/mol. The van der Waals surface area contributed by atoms with Crippen molar-refractivity contribution in [3.05, 3.63) is 29.3 Å². The summed E-state index contributed by atoms with van der Waals surface area (Å²) in [5.41, 5.74) is 2.11. The lowest BCUT2D eigenvalue weighted by atomic mass is 10.1. The second-order valence-electron chi connectivity index (χ2n) is 4.74. The summed E-state index contributed by atoms with van der Waals surface area (Å²) >= 11 is 0. The molecule has 0 spiro atoms. The van der Waals surface area contributed by atoms with Crippen molar-refractivity contribution < 1.29 is 10.2 Å². The molecule has 0 fully saturated rings. The minimum atomic E-state index is 0.263. The van der Waals surface area contributed by atoms with Crippen LogP contribution in [-0.4, -0.2) is 23.4 Å².